The van der Waals surface area contributed by atoms with Gasteiger partial charge in [0.25, 0.3) is 0 Å². The Morgan fingerprint density at radius 3 is 2.23 bits per heavy atom. The van der Waals surface area contributed by atoms with Crippen LogP contribution in [0.4, 0.5) is 5.82 Å². The average Bonchev–Trinajstić information content (AvgIpc) is 3.27. The minimum atomic E-state index is -0.149. The maximum atomic E-state index is 12.5. The van der Waals surface area contributed by atoms with Crippen molar-refractivity contribution in [2.45, 2.75) is 25.0 Å². The van der Waals surface area contributed by atoms with Crippen molar-refractivity contribution >= 4 is 23.5 Å². The van der Waals surface area contributed by atoms with Gasteiger partial charge in [-0.3, -0.25) is 4.79 Å². The Hall–Kier alpha value is -3.52. The maximum absolute atomic E-state index is 12.5. The van der Waals surface area contributed by atoms with Gasteiger partial charge in [-0.2, -0.15) is 5.10 Å². The Morgan fingerprint density at radius 1 is 0.935 bits per heavy atom. The van der Waals surface area contributed by atoms with Crippen LogP contribution in [0.25, 0.3) is 22.5 Å². The molecule has 0 aliphatic rings. The molecule has 0 atom stereocenters. The number of anilines is 1. The molecule has 0 unspecified atom stereocenters. The summed E-state index contributed by atoms with van der Waals surface area (Å²) >= 11 is 1.25. The third-order valence-corrected chi connectivity index (χ3v) is 5.36. The van der Waals surface area contributed by atoms with Gasteiger partial charge in [-0.25, -0.2) is 9.67 Å². The Labute approximate surface area is 184 Å². The zero-order valence-corrected chi connectivity index (χ0v) is 18.1. The molecular weight excluding hydrogens is 408 g/mol. The predicted octanol–water partition coefficient (Wildman–Crippen LogP) is 4.71. The average molecular weight is 431 g/mol. The smallest absolute Gasteiger partial charge is 0.235 e. The van der Waals surface area contributed by atoms with Gasteiger partial charge in [-0.1, -0.05) is 72.4 Å². The molecule has 8 heteroatoms. The third-order valence-electron chi connectivity index (χ3n) is 4.52. The first-order valence-corrected chi connectivity index (χ1v) is 10.9. The molecule has 1 N–H and O–H groups in total. The van der Waals surface area contributed by atoms with E-state index in [1.54, 1.807) is 16.9 Å². The number of hydrogen-bond acceptors (Lipinski definition) is 6. The van der Waals surface area contributed by atoms with Gasteiger partial charge < -0.3 is 5.32 Å². The topological polar surface area (TPSA) is 85.6 Å². The fourth-order valence-electron chi connectivity index (χ4n) is 3.09. The molecule has 31 heavy (non-hydrogen) atoms. The second kappa shape index (κ2) is 9.53. The number of benzene rings is 2. The summed E-state index contributed by atoms with van der Waals surface area (Å²) < 4.78 is 1.77. The highest BCUT2D eigenvalue weighted by Gasteiger charge is 2.15. The van der Waals surface area contributed by atoms with Gasteiger partial charge in [0.15, 0.2) is 0 Å². The molecular formula is C23H22N6OS. The van der Waals surface area contributed by atoms with Gasteiger partial charge in [0, 0.05) is 23.2 Å². The summed E-state index contributed by atoms with van der Waals surface area (Å²) in [5, 5.41) is 16.3. The monoisotopic (exact) mass is 430 g/mol. The molecule has 1 amide bonds. The number of hydrogen-bond donors (Lipinski definition) is 1. The van der Waals surface area contributed by atoms with Crippen molar-refractivity contribution in [3.63, 3.8) is 0 Å². The number of thioether (sulfide) groups is 1. The van der Waals surface area contributed by atoms with Crippen molar-refractivity contribution in [2.75, 3.05) is 11.1 Å². The molecule has 4 rings (SSSR count). The Kier molecular flexibility index (Phi) is 6.37. The lowest BCUT2D eigenvalue weighted by Gasteiger charge is -2.12. The lowest BCUT2D eigenvalue weighted by Crippen LogP contribution is -2.18. The van der Waals surface area contributed by atoms with Gasteiger partial charge in [-0.15, -0.1) is 10.2 Å². The van der Waals surface area contributed by atoms with E-state index in [9.17, 15) is 4.79 Å². The molecule has 0 saturated heterocycles. The van der Waals surface area contributed by atoms with Crippen LogP contribution in [0.15, 0.2) is 78.1 Å². The zero-order valence-electron chi connectivity index (χ0n) is 17.3. The first kappa shape index (κ1) is 20.7. The number of nitrogens with one attached hydrogen (secondary N) is 1. The molecule has 7 nitrogen and oxygen atoms in total. The summed E-state index contributed by atoms with van der Waals surface area (Å²) in [6, 6.07) is 21.6. The lowest BCUT2D eigenvalue weighted by molar-refractivity contribution is -0.113. The largest absolute Gasteiger partial charge is 0.310 e. The van der Waals surface area contributed by atoms with Crippen LogP contribution in [0.5, 0.6) is 0 Å². The summed E-state index contributed by atoms with van der Waals surface area (Å²) in [5.74, 6) is 0.692. The first-order valence-electron chi connectivity index (χ1n) is 9.93. The summed E-state index contributed by atoms with van der Waals surface area (Å²) in [6.07, 6.45) is 1.67. The van der Waals surface area contributed by atoms with E-state index in [4.69, 9.17) is 4.98 Å². The van der Waals surface area contributed by atoms with Gasteiger partial charge in [-0.05, 0) is 13.8 Å². The number of nitrogens with zero attached hydrogens (tertiary/aromatic N) is 5. The second-order valence-corrected chi connectivity index (χ2v) is 8.06. The number of aromatic nitrogens is 5. The van der Waals surface area contributed by atoms with Gasteiger partial charge in [0.2, 0.25) is 11.1 Å². The SMILES string of the molecule is CC(C)n1nccc1NC(=O)CSc1nnc(-c2ccccc2)c(-c2ccccc2)n1. The van der Waals surface area contributed by atoms with E-state index in [2.05, 4.69) is 20.6 Å². The van der Waals surface area contributed by atoms with Crippen molar-refractivity contribution < 1.29 is 4.79 Å². The molecule has 0 aliphatic heterocycles. The van der Waals surface area contributed by atoms with Crippen LogP contribution < -0.4 is 5.32 Å². The van der Waals surface area contributed by atoms with E-state index < -0.39 is 0 Å². The van der Waals surface area contributed by atoms with Crippen molar-refractivity contribution in [1.29, 1.82) is 0 Å². The summed E-state index contributed by atoms with van der Waals surface area (Å²) in [6.45, 7) is 4.02. The van der Waals surface area contributed by atoms with Crippen LogP contribution in [-0.2, 0) is 4.79 Å². The summed E-state index contributed by atoms with van der Waals surface area (Å²) in [5.41, 5.74) is 3.34. The van der Waals surface area contributed by atoms with Crippen LogP contribution in [0.3, 0.4) is 0 Å². The van der Waals surface area contributed by atoms with Gasteiger partial charge >= 0.3 is 0 Å². The van der Waals surface area contributed by atoms with Crippen molar-refractivity contribution in [3.05, 3.63) is 72.9 Å². The summed E-state index contributed by atoms with van der Waals surface area (Å²) in [7, 11) is 0. The zero-order chi connectivity index (χ0) is 21.6. The van der Waals surface area contributed by atoms with E-state index >= 15 is 0 Å². The highest BCUT2D eigenvalue weighted by Crippen LogP contribution is 2.29. The van der Waals surface area contributed by atoms with Gasteiger partial charge in [0.1, 0.15) is 17.2 Å². The minimum absolute atomic E-state index is 0.149. The van der Waals surface area contributed by atoms with E-state index in [-0.39, 0.29) is 17.7 Å². The molecule has 0 fully saturated rings. The van der Waals surface area contributed by atoms with Crippen molar-refractivity contribution in [3.8, 4) is 22.5 Å². The van der Waals surface area contributed by atoms with Crippen LogP contribution in [0, 0.1) is 0 Å². The van der Waals surface area contributed by atoms with Crippen LogP contribution in [-0.4, -0.2) is 36.6 Å². The molecule has 0 bridgehead atoms. The Balaban J connectivity index is 1.54. The number of amides is 1. The molecule has 156 valence electrons. The van der Waals surface area contributed by atoms with E-state index in [0.717, 1.165) is 16.8 Å². The number of carbonyl (C=O) groups is 1. The minimum Gasteiger partial charge on any atom is -0.310 e. The lowest BCUT2D eigenvalue weighted by atomic mass is 10.0. The fourth-order valence-corrected chi connectivity index (χ4v) is 3.68. The van der Waals surface area contributed by atoms with Gasteiger partial charge in [0.05, 0.1) is 11.9 Å². The van der Waals surface area contributed by atoms with Crippen LogP contribution >= 0.6 is 11.8 Å². The molecule has 4 aromatic rings. The number of rotatable bonds is 7. The molecule has 0 spiro atoms. The van der Waals surface area contributed by atoms with Crippen LogP contribution in [0.1, 0.15) is 19.9 Å². The Morgan fingerprint density at radius 2 is 1.58 bits per heavy atom. The number of carbonyl (C=O) groups excluding carboxylic acids is 1. The van der Waals surface area contributed by atoms with Crippen molar-refractivity contribution in [1.82, 2.24) is 25.0 Å². The predicted molar refractivity (Wildman–Crippen MR) is 123 cm³/mol. The normalized spacial score (nSPS) is 10.9. The standard InChI is InChI=1S/C23H22N6OS/c1-16(2)29-19(13-14-24-29)25-20(30)15-31-23-26-21(17-9-5-3-6-10-17)22(27-28-23)18-11-7-4-8-12-18/h3-14,16H,15H2,1-2H3,(H,25,30). The summed E-state index contributed by atoms with van der Waals surface area (Å²) in [4.78, 5) is 17.2. The van der Waals surface area contributed by atoms with E-state index in [1.165, 1.54) is 11.8 Å². The highest BCUT2D eigenvalue weighted by molar-refractivity contribution is 7.99. The fraction of sp³-hybridized carbons (Fsp3) is 0.174. The first-order chi connectivity index (χ1) is 15.1. The quantitative estimate of drug-likeness (QED) is 0.427. The molecule has 0 saturated carbocycles. The highest BCUT2D eigenvalue weighted by atomic mass is 32.2. The molecule has 2 heterocycles. The molecule has 0 aliphatic carbocycles. The Bertz CT molecular complexity index is 1160. The van der Waals surface area contributed by atoms with E-state index in [0.29, 0.717) is 16.7 Å². The molecule has 2 aromatic heterocycles. The second-order valence-electron chi connectivity index (χ2n) is 7.12. The van der Waals surface area contributed by atoms with Crippen LogP contribution in [0.2, 0.25) is 0 Å². The molecule has 2 aromatic carbocycles. The maximum Gasteiger partial charge on any atom is 0.235 e. The molecule has 0 radical (unpaired) electrons. The van der Waals surface area contributed by atoms with E-state index in [1.807, 2.05) is 74.5 Å². The third kappa shape index (κ3) is 4.97. The van der Waals surface area contributed by atoms with Crippen molar-refractivity contribution in [2.24, 2.45) is 0 Å².